The van der Waals surface area contributed by atoms with E-state index in [0.717, 1.165) is 5.56 Å². The van der Waals surface area contributed by atoms with Crippen LogP contribution < -0.4 is 14.8 Å². The van der Waals surface area contributed by atoms with Crippen LogP contribution >= 0.6 is 0 Å². The molecule has 0 saturated carbocycles. The largest absolute Gasteiger partial charge is 0.493 e. The maximum atomic E-state index is 12.1. The van der Waals surface area contributed by atoms with Crippen LogP contribution in [0.3, 0.4) is 0 Å². The van der Waals surface area contributed by atoms with E-state index in [4.69, 9.17) is 14.0 Å². The Bertz CT molecular complexity index is 630. The molecule has 0 fully saturated rings. The molecule has 0 aliphatic carbocycles. The second kappa shape index (κ2) is 6.30. The fourth-order valence-electron chi connectivity index (χ4n) is 2.02. The number of ether oxygens (including phenoxy) is 2. The van der Waals surface area contributed by atoms with Gasteiger partial charge >= 0.3 is 0 Å². The number of aryl methyl sites for hydroxylation is 2. The highest BCUT2D eigenvalue weighted by Gasteiger charge is 2.13. The first-order valence-corrected chi connectivity index (χ1v) is 6.48. The van der Waals surface area contributed by atoms with Crippen molar-refractivity contribution in [2.75, 3.05) is 19.5 Å². The molecule has 6 nitrogen and oxygen atoms in total. The predicted octanol–water partition coefficient (Wildman–Crippen LogP) is 2.49. The molecule has 0 bridgehead atoms. The standard InChI is InChI=1S/C15H18N2O4/c1-9-15(10(2)21-17-9)16-14(18)8-11-5-6-12(19-3)13(7-11)20-4/h5-7H,8H2,1-4H3,(H,16,18). The maximum absolute atomic E-state index is 12.1. The third kappa shape index (κ3) is 3.34. The highest BCUT2D eigenvalue weighted by molar-refractivity contribution is 5.93. The molecule has 1 N–H and O–H groups in total. The van der Waals surface area contributed by atoms with Gasteiger partial charge in [-0.2, -0.15) is 0 Å². The maximum Gasteiger partial charge on any atom is 0.228 e. The van der Waals surface area contributed by atoms with Crippen molar-refractivity contribution < 1.29 is 18.8 Å². The summed E-state index contributed by atoms with van der Waals surface area (Å²) in [5.41, 5.74) is 2.12. The molecular formula is C15H18N2O4. The molecule has 0 atom stereocenters. The molecule has 0 unspecified atom stereocenters. The van der Waals surface area contributed by atoms with Crippen LogP contribution in [0.1, 0.15) is 17.0 Å². The molecule has 21 heavy (non-hydrogen) atoms. The molecule has 2 rings (SSSR count). The number of carbonyl (C=O) groups excluding carboxylic acids is 1. The van der Waals surface area contributed by atoms with Gasteiger partial charge in [0, 0.05) is 0 Å². The third-order valence-corrected chi connectivity index (χ3v) is 3.11. The average Bonchev–Trinajstić information content (AvgIpc) is 2.79. The number of benzene rings is 1. The summed E-state index contributed by atoms with van der Waals surface area (Å²) in [4.78, 5) is 12.1. The molecule has 2 aromatic rings. The van der Waals surface area contributed by atoms with E-state index in [-0.39, 0.29) is 12.3 Å². The SMILES string of the molecule is COc1ccc(CC(=O)Nc2c(C)noc2C)cc1OC. The van der Waals surface area contributed by atoms with Crippen molar-refractivity contribution in [3.8, 4) is 11.5 Å². The lowest BCUT2D eigenvalue weighted by atomic mass is 10.1. The van der Waals surface area contributed by atoms with Gasteiger partial charge in [-0.15, -0.1) is 0 Å². The Morgan fingerprint density at radius 2 is 1.95 bits per heavy atom. The summed E-state index contributed by atoms with van der Waals surface area (Å²) in [6, 6.07) is 5.39. The Hall–Kier alpha value is -2.50. The van der Waals surface area contributed by atoms with E-state index in [9.17, 15) is 4.79 Å². The summed E-state index contributed by atoms with van der Waals surface area (Å²) in [5.74, 6) is 1.68. The van der Waals surface area contributed by atoms with Gasteiger partial charge in [0.15, 0.2) is 17.3 Å². The summed E-state index contributed by atoms with van der Waals surface area (Å²) in [6.07, 6.45) is 0.227. The number of methoxy groups -OCH3 is 2. The quantitative estimate of drug-likeness (QED) is 0.915. The van der Waals surface area contributed by atoms with Gasteiger partial charge in [0.1, 0.15) is 11.4 Å². The highest BCUT2D eigenvalue weighted by Crippen LogP contribution is 2.28. The van der Waals surface area contributed by atoms with E-state index >= 15 is 0 Å². The summed E-state index contributed by atoms with van der Waals surface area (Å²) < 4.78 is 15.4. The summed E-state index contributed by atoms with van der Waals surface area (Å²) in [5, 5.41) is 6.61. The van der Waals surface area contributed by atoms with E-state index in [1.807, 2.05) is 6.07 Å². The number of carbonyl (C=O) groups is 1. The number of anilines is 1. The van der Waals surface area contributed by atoms with Gasteiger partial charge in [-0.1, -0.05) is 11.2 Å². The fourth-order valence-corrected chi connectivity index (χ4v) is 2.02. The van der Waals surface area contributed by atoms with Crippen molar-refractivity contribution in [1.29, 1.82) is 0 Å². The van der Waals surface area contributed by atoms with E-state index in [1.54, 1.807) is 40.2 Å². The van der Waals surface area contributed by atoms with Crippen molar-refractivity contribution >= 4 is 11.6 Å². The Labute approximate surface area is 123 Å². The Morgan fingerprint density at radius 3 is 2.52 bits per heavy atom. The zero-order chi connectivity index (χ0) is 15.4. The second-order valence-corrected chi connectivity index (χ2v) is 4.61. The van der Waals surface area contributed by atoms with E-state index in [2.05, 4.69) is 10.5 Å². The van der Waals surface area contributed by atoms with Crippen LogP contribution in [0.4, 0.5) is 5.69 Å². The molecule has 0 aliphatic rings. The zero-order valence-electron chi connectivity index (χ0n) is 12.5. The topological polar surface area (TPSA) is 73.6 Å². The summed E-state index contributed by atoms with van der Waals surface area (Å²) >= 11 is 0. The lowest BCUT2D eigenvalue weighted by Gasteiger charge is -2.09. The van der Waals surface area contributed by atoms with E-state index in [1.165, 1.54) is 0 Å². The van der Waals surface area contributed by atoms with Crippen molar-refractivity contribution in [1.82, 2.24) is 5.16 Å². The van der Waals surface area contributed by atoms with Gasteiger partial charge in [0.25, 0.3) is 0 Å². The molecule has 112 valence electrons. The first kappa shape index (κ1) is 14.9. The zero-order valence-corrected chi connectivity index (χ0v) is 12.5. The lowest BCUT2D eigenvalue weighted by molar-refractivity contribution is -0.115. The number of nitrogens with zero attached hydrogens (tertiary/aromatic N) is 1. The van der Waals surface area contributed by atoms with Crippen LogP contribution in [0, 0.1) is 13.8 Å². The molecule has 1 aromatic carbocycles. The molecular weight excluding hydrogens is 272 g/mol. The Kier molecular flexibility index (Phi) is 4.47. The first-order chi connectivity index (χ1) is 10.0. The summed E-state index contributed by atoms with van der Waals surface area (Å²) in [6.45, 7) is 3.54. The Morgan fingerprint density at radius 1 is 1.24 bits per heavy atom. The number of nitrogens with one attached hydrogen (secondary N) is 1. The van der Waals surface area contributed by atoms with Crippen molar-refractivity contribution in [2.45, 2.75) is 20.3 Å². The molecule has 0 radical (unpaired) electrons. The highest BCUT2D eigenvalue weighted by atomic mass is 16.5. The normalized spacial score (nSPS) is 10.3. The first-order valence-electron chi connectivity index (χ1n) is 6.48. The monoisotopic (exact) mass is 290 g/mol. The third-order valence-electron chi connectivity index (χ3n) is 3.11. The van der Waals surface area contributed by atoms with Crippen molar-refractivity contribution in [3.63, 3.8) is 0 Å². The smallest absolute Gasteiger partial charge is 0.228 e. The van der Waals surface area contributed by atoms with Crippen molar-refractivity contribution in [2.24, 2.45) is 0 Å². The molecule has 6 heteroatoms. The van der Waals surface area contributed by atoms with Gasteiger partial charge in [0.05, 0.1) is 20.6 Å². The van der Waals surface area contributed by atoms with Crippen molar-refractivity contribution in [3.05, 3.63) is 35.2 Å². The average molecular weight is 290 g/mol. The van der Waals surface area contributed by atoms with Gasteiger partial charge in [-0.05, 0) is 31.5 Å². The van der Waals surface area contributed by atoms with E-state index in [0.29, 0.717) is 28.6 Å². The minimum Gasteiger partial charge on any atom is -0.493 e. The lowest BCUT2D eigenvalue weighted by Crippen LogP contribution is -2.15. The molecule has 0 spiro atoms. The van der Waals surface area contributed by atoms with Crippen LogP contribution in [-0.4, -0.2) is 25.3 Å². The predicted molar refractivity (Wildman–Crippen MR) is 77.9 cm³/mol. The second-order valence-electron chi connectivity index (χ2n) is 4.61. The van der Waals surface area contributed by atoms with Gasteiger partial charge in [0.2, 0.25) is 5.91 Å². The summed E-state index contributed by atoms with van der Waals surface area (Å²) in [7, 11) is 3.13. The number of aromatic nitrogens is 1. The molecule has 1 amide bonds. The minimum atomic E-state index is -0.142. The van der Waals surface area contributed by atoms with Gasteiger partial charge in [-0.3, -0.25) is 4.79 Å². The number of rotatable bonds is 5. The fraction of sp³-hybridized carbons (Fsp3) is 0.333. The van der Waals surface area contributed by atoms with Crippen LogP contribution in [0.5, 0.6) is 11.5 Å². The molecule has 0 saturated heterocycles. The number of hydrogen-bond acceptors (Lipinski definition) is 5. The molecule has 1 heterocycles. The van der Waals surface area contributed by atoms with Gasteiger partial charge in [-0.25, -0.2) is 0 Å². The number of hydrogen-bond donors (Lipinski definition) is 1. The number of amides is 1. The van der Waals surface area contributed by atoms with E-state index < -0.39 is 0 Å². The van der Waals surface area contributed by atoms with Crippen LogP contribution in [0.2, 0.25) is 0 Å². The van der Waals surface area contributed by atoms with Crippen LogP contribution in [0.15, 0.2) is 22.7 Å². The molecule has 0 aliphatic heterocycles. The Balaban J connectivity index is 2.09. The molecule has 1 aromatic heterocycles. The van der Waals surface area contributed by atoms with Crippen LogP contribution in [-0.2, 0) is 11.2 Å². The van der Waals surface area contributed by atoms with Gasteiger partial charge < -0.3 is 19.3 Å². The minimum absolute atomic E-state index is 0.142. The van der Waals surface area contributed by atoms with Crippen LogP contribution in [0.25, 0.3) is 0 Å².